The molecule has 0 spiro atoms. The fraction of sp³-hybridized carbons (Fsp3) is 0.238. The molecule has 3 aromatic heterocycles. The van der Waals surface area contributed by atoms with E-state index in [1.165, 1.54) is 0 Å². The third-order valence-corrected chi connectivity index (χ3v) is 5.34. The Morgan fingerprint density at radius 2 is 2.00 bits per heavy atom. The van der Waals surface area contributed by atoms with E-state index in [9.17, 15) is 4.79 Å². The summed E-state index contributed by atoms with van der Waals surface area (Å²) >= 11 is 0. The van der Waals surface area contributed by atoms with Gasteiger partial charge in [-0.15, -0.1) is 0 Å². The van der Waals surface area contributed by atoms with Gasteiger partial charge in [-0.05, 0) is 13.0 Å². The van der Waals surface area contributed by atoms with Crippen LogP contribution in [0, 0.1) is 0 Å². The molecule has 0 N–H and O–H groups in total. The van der Waals surface area contributed by atoms with Gasteiger partial charge >= 0.3 is 0 Å². The van der Waals surface area contributed by atoms with Crippen molar-refractivity contribution in [3.05, 3.63) is 61.3 Å². The molecular formula is C21H20N6O. The molecule has 4 aromatic rings. The zero-order valence-electron chi connectivity index (χ0n) is 15.6. The molecule has 1 aliphatic rings. The Hall–Kier alpha value is -3.48. The minimum atomic E-state index is 0.0473. The molecule has 140 valence electrons. The van der Waals surface area contributed by atoms with Crippen LogP contribution in [0.15, 0.2) is 61.3 Å². The van der Waals surface area contributed by atoms with Gasteiger partial charge in [0.15, 0.2) is 5.65 Å². The summed E-state index contributed by atoms with van der Waals surface area (Å²) in [7, 11) is 0. The van der Waals surface area contributed by atoms with Crippen molar-refractivity contribution in [1.29, 1.82) is 0 Å². The lowest BCUT2D eigenvalue weighted by Gasteiger charge is -2.17. The normalized spacial score (nSPS) is 17.0. The summed E-state index contributed by atoms with van der Waals surface area (Å²) < 4.78 is 3.89. The largest absolute Gasteiger partial charge is 0.341 e. The van der Waals surface area contributed by atoms with Crippen LogP contribution in [0.3, 0.4) is 0 Å². The monoisotopic (exact) mass is 372 g/mol. The number of carbonyl (C=O) groups is 1. The number of rotatable bonds is 4. The van der Waals surface area contributed by atoms with Gasteiger partial charge in [0, 0.05) is 37.5 Å². The van der Waals surface area contributed by atoms with E-state index in [1.807, 2.05) is 66.9 Å². The molecule has 0 bridgehead atoms. The predicted molar refractivity (Wildman–Crippen MR) is 106 cm³/mol. The molecule has 1 aliphatic heterocycles. The third kappa shape index (κ3) is 2.58. The Balaban J connectivity index is 1.71. The summed E-state index contributed by atoms with van der Waals surface area (Å²) in [6.45, 7) is 3.43. The van der Waals surface area contributed by atoms with Gasteiger partial charge in [-0.1, -0.05) is 30.3 Å². The van der Waals surface area contributed by atoms with E-state index in [-0.39, 0.29) is 11.9 Å². The van der Waals surface area contributed by atoms with E-state index in [0.717, 1.165) is 34.7 Å². The number of hydrogen-bond donors (Lipinski definition) is 0. The average molecular weight is 372 g/mol. The molecule has 1 amide bonds. The summed E-state index contributed by atoms with van der Waals surface area (Å²) in [5, 5.41) is 4.46. The maximum atomic E-state index is 12.3. The molecule has 7 heteroatoms. The highest BCUT2D eigenvalue weighted by Crippen LogP contribution is 2.37. The second-order valence-electron chi connectivity index (χ2n) is 6.95. The molecule has 0 aliphatic carbocycles. The number of likely N-dealkylation sites (tertiary alicyclic amines) is 1. The Morgan fingerprint density at radius 3 is 2.79 bits per heavy atom. The van der Waals surface area contributed by atoms with Crippen molar-refractivity contribution in [1.82, 2.24) is 29.0 Å². The molecule has 1 fully saturated rings. The summed E-state index contributed by atoms with van der Waals surface area (Å²) in [6.07, 6.45) is 7.81. The first-order chi connectivity index (χ1) is 13.8. The van der Waals surface area contributed by atoms with E-state index >= 15 is 0 Å². The first kappa shape index (κ1) is 16.7. The average Bonchev–Trinajstić information content (AvgIpc) is 3.44. The topological polar surface area (TPSA) is 68.3 Å². The van der Waals surface area contributed by atoms with Gasteiger partial charge in [0.05, 0.1) is 35.5 Å². The number of fused-ring (bicyclic) bond motifs is 1. The Morgan fingerprint density at radius 1 is 1.14 bits per heavy atom. The number of nitrogens with zero attached hydrogens (tertiary/aromatic N) is 6. The van der Waals surface area contributed by atoms with Crippen LogP contribution in [0.2, 0.25) is 0 Å². The van der Waals surface area contributed by atoms with Crippen molar-refractivity contribution in [3.8, 4) is 22.5 Å². The van der Waals surface area contributed by atoms with Crippen LogP contribution in [0.5, 0.6) is 0 Å². The quantitative estimate of drug-likeness (QED) is 0.552. The zero-order chi connectivity index (χ0) is 19.1. The Kier molecular flexibility index (Phi) is 3.93. The number of aromatic nitrogens is 5. The Labute approximate surface area is 162 Å². The lowest BCUT2D eigenvalue weighted by atomic mass is 10.1. The molecule has 0 radical (unpaired) electrons. The van der Waals surface area contributed by atoms with Gasteiger partial charge in [-0.3, -0.25) is 4.79 Å². The van der Waals surface area contributed by atoms with Crippen LogP contribution in [0.1, 0.15) is 19.4 Å². The number of hydrogen-bond acceptors (Lipinski definition) is 4. The number of amides is 1. The number of imidazole rings is 1. The van der Waals surface area contributed by atoms with Gasteiger partial charge in [-0.2, -0.15) is 5.10 Å². The van der Waals surface area contributed by atoms with Crippen molar-refractivity contribution in [2.45, 2.75) is 19.4 Å². The van der Waals surface area contributed by atoms with Crippen LogP contribution in [-0.4, -0.2) is 48.0 Å². The standard InChI is InChI=1S/C21H20N6O/c1-2-25-13-16(11-18(25)28)26-14-23-19(15-7-4-3-5-8-15)20(26)17-12-24-27-10-6-9-22-21(17)27/h3-10,12,14,16H,2,11,13H2,1H3. The fourth-order valence-corrected chi connectivity index (χ4v) is 3.95. The number of benzene rings is 1. The minimum Gasteiger partial charge on any atom is -0.341 e. The van der Waals surface area contributed by atoms with Crippen molar-refractivity contribution in [3.63, 3.8) is 0 Å². The van der Waals surface area contributed by atoms with E-state index in [0.29, 0.717) is 13.0 Å². The van der Waals surface area contributed by atoms with Gasteiger partial charge in [0.1, 0.15) is 0 Å². The highest BCUT2D eigenvalue weighted by molar-refractivity contribution is 5.86. The molecule has 1 aromatic carbocycles. The highest BCUT2D eigenvalue weighted by atomic mass is 16.2. The van der Waals surface area contributed by atoms with Gasteiger partial charge in [-0.25, -0.2) is 14.5 Å². The number of carbonyl (C=O) groups excluding carboxylic acids is 1. The molecule has 1 unspecified atom stereocenters. The van der Waals surface area contributed by atoms with Gasteiger partial charge < -0.3 is 9.47 Å². The van der Waals surface area contributed by atoms with E-state index < -0.39 is 0 Å². The molecule has 4 heterocycles. The summed E-state index contributed by atoms with van der Waals surface area (Å²) in [6, 6.07) is 12.0. The molecular weight excluding hydrogens is 352 g/mol. The lowest BCUT2D eigenvalue weighted by Crippen LogP contribution is -2.24. The maximum Gasteiger partial charge on any atom is 0.224 e. The van der Waals surface area contributed by atoms with Crippen LogP contribution in [0.4, 0.5) is 0 Å². The van der Waals surface area contributed by atoms with Crippen LogP contribution in [-0.2, 0) is 4.79 Å². The first-order valence-electron chi connectivity index (χ1n) is 9.45. The molecule has 5 rings (SSSR count). The van der Waals surface area contributed by atoms with Crippen molar-refractivity contribution in [2.75, 3.05) is 13.1 Å². The van der Waals surface area contributed by atoms with E-state index in [1.54, 1.807) is 10.7 Å². The zero-order valence-corrected chi connectivity index (χ0v) is 15.6. The molecule has 28 heavy (non-hydrogen) atoms. The first-order valence-corrected chi connectivity index (χ1v) is 9.45. The minimum absolute atomic E-state index is 0.0473. The van der Waals surface area contributed by atoms with Crippen LogP contribution in [0.25, 0.3) is 28.2 Å². The van der Waals surface area contributed by atoms with Crippen LogP contribution < -0.4 is 0 Å². The van der Waals surface area contributed by atoms with Gasteiger partial charge in [0.25, 0.3) is 0 Å². The Bertz CT molecular complexity index is 1150. The molecule has 1 saturated heterocycles. The molecule has 1 atom stereocenters. The summed E-state index contributed by atoms with van der Waals surface area (Å²) in [4.78, 5) is 23.5. The second-order valence-corrected chi connectivity index (χ2v) is 6.95. The number of likely N-dealkylation sites (N-methyl/N-ethyl adjacent to an activating group) is 1. The van der Waals surface area contributed by atoms with E-state index in [4.69, 9.17) is 4.98 Å². The highest BCUT2D eigenvalue weighted by Gasteiger charge is 2.32. The second kappa shape index (κ2) is 6.60. The fourth-order valence-electron chi connectivity index (χ4n) is 3.95. The smallest absolute Gasteiger partial charge is 0.224 e. The predicted octanol–water partition coefficient (Wildman–Crippen LogP) is 3.05. The molecule has 7 nitrogen and oxygen atoms in total. The van der Waals surface area contributed by atoms with Crippen molar-refractivity contribution < 1.29 is 4.79 Å². The SMILES string of the molecule is CCN1CC(n2cnc(-c3ccccc3)c2-c2cnn3cccnc23)CC1=O. The maximum absolute atomic E-state index is 12.3. The van der Waals surface area contributed by atoms with Crippen molar-refractivity contribution >= 4 is 11.6 Å². The lowest BCUT2D eigenvalue weighted by molar-refractivity contribution is -0.127. The summed E-state index contributed by atoms with van der Waals surface area (Å²) in [5.41, 5.74) is 4.56. The molecule has 0 saturated carbocycles. The summed E-state index contributed by atoms with van der Waals surface area (Å²) in [5.74, 6) is 0.186. The third-order valence-electron chi connectivity index (χ3n) is 5.34. The van der Waals surface area contributed by atoms with Gasteiger partial charge in [0.2, 0.25) is 5.91 Å². The van der Waals surface area contributed by atoms with E-state index in [2.05, 4.69) is 14.6 Å². The van der Waals surface area contributed by atoms with Crippen molar-refractivity contribution in [2.24, 2.45) is 0 Å². The van der Waals surface area contributed by atoms with Crippen LogP contribution >= 0.6 is 0 Å².